The minimum Gasteiger partial charge on any atom is -0.365 e. The standard InChI is InChI=1S/C29H38N4O4/c1-18(2)15-22(31-26(34)19-11-13-21(14-12-19)29(3,4)5)27(35)32-30-16-23-25-24(37-25)17-33(23)28(36)20-9-7-6-8-10-20/h6-14,18,22-25,30H,15-17H2,1-5H3,(H,31,34)(H,32,35)/t22-,23-,24?,25?/m0/s1. The van der Waals surface area contributed by atoms with Crippen molar-refractivity contribution in [2.45, 2.75) is 70.7 Å². The summed E-state index contributed by atoms with van der Waals surface area (Å²) < 4.78 is 5.67. The van der Waals surface area contributed by atoms with E-state index < -0.39 is 6.04 Å². The van der Waals surface area contributed by atoms with Crippen LogP contribution in [0, 0.1) is 5.92 Å². The van der Waals surface area contributed by atoms with Crippen molar-refractivity contribution >= 4 is 17.7 Å². The van der Waals surface area contributed by atoms with E-state index in [1.807, 2.05) is 49.1 Å². The van der Waals surface area contributed by atoms with Crippen LogP contribution in [0.5, 0.6) is 0 Å². The average molecular weight is 507 g/mol. The van der Waals surface area contributed by atoms with Crippen molar-refractivity contribution in [3.8, 4) is 0 Å². The molecule has 0 bridgehead atoms. The van der Waals surface area contributed by atoms with Crippen molar-refractivity contribution in [1.82, 2.24) is 21.1 Å². The second-order valence-corrected chi connectivity index (χ2v) is 11.4. The summed E-state index contributed by atoms with van der Waals surface area (Å²) >= 11 is 0. The molecule has 0 spiro atoms. The maximum absolute atomic E-state index is 13.0. The molecule has 0 aliphatic carbocycles. The first kappa shape index (κ1) is 26.8. The van der Waals surface area contributed by atoms with Crippen LogP contribution in [0.1, 0.15) is 67.3 Å². The quantitative estimate of drug-likeness (QED) is 0.358. The lowest BCUT2D eigenvalue weighted by Crippen LogP contribution is -2.54. The van der Waals surface area contributed by atoms with Gasteiger partial charge >= 0.3 is 0 Å². The molecule has 4 atom stereocenters. The number of hydrazine groups is 1. The number of carbonyl (C=O) groups is 3. The highest BCUT2D eigenvalue weighted by Crippen LogP contribution is 2.37. The van der Waals surface area contributed by atoms with Crippen molar-refractivity contribution < 1.29 is 19.1 Å². The van der Waals surface area contributed by atoms with Gasteiger partial charge in [-0.25, -0.2) is 5.43 Å². The second-order valence-electron chi connectivity index (χ2n) is 11.4. The van der Waals surface area contributed by atoms with Gasteiger partial charge in [-0.05, 0) is 47.6 Å². The Morgan fingerprint density at radius 2 is 1.68 bits per heavy atom. The van der Waals surface area contributed by atoms with E-state index in [4.69, 9.17) is 4.74 Å². The molecule has 0 radical (unpaired) electrons. The van der Waals surface area contributed by atoms with Crippen molar-refractivity contribution in [2.24, 2.45) is 5.92 Å². The van der Waals surface area contributed by atoms with Gasteiger partial charge in [-0.15, -0.1) is 0 Å². The Morgan fingerprint density at radius 3 is 2.30 bits per heavy atom. The molecule has 2 aliphatic heterocycles. The molecule has 3 amide bonds. The van der Waals surface area contributed by atoms with E-state index in [-0.39, 0.29) is 47.3 Å². The average Bonchev–Trinajstić information content (AvgIpc) is 3.55. The number of hydrogen-bond acceptors (Lipinski definition) is 5. The molecule has 37 heavy (non-hydrogen) atoms. The summed E-state index contributed by atoms with van der Waals surface area (Å²) in [5, 5.41) is 2.89. The third-order valence-electron chi connectivity index (χ3n) is 6.92. The molecule has 2 aromatic rings. The van der Waals surface area contributed by atoms with E-state index in [1.165, 1.54) is 0 Å². The lowest BCUT2D eigenvalue weighted by atomic mass is 9.86. The molecule has 2 aliphatic rings. The maximum Gasteiger partial charge on any atom is 0.256 e. The van der Waals surface area contributed by atoms with E-state index in [0.29, 0.717) is 30.6 Å². The number of hydrogen-bond donors (Lipinski definition) is 3. The molecule has 2 heterocycles. The number of carbonyl (C=O) groups excluding carboxylic acids is 3. The minimum absolute atomic E-state index is 0.00707. The van der Waals surface area contributed by atoms with Crippen LogP contribution in [0.3, 0.4) is 0 Å². The summed E-state index contributed by atoms with van der Waals surface area (Å²) in [4.78, 5) is 40.7. The van der Waals surface area contributed by atoms with Gasteiger partial charge in [0.2, 0.25) is 0 Å². The summed E-state index contributed by atoms with van der Waals surface area (Å²) in [7, 11) is 0. The van der Waals surface area contributed by atoms with Crippen LogP contribution in [0.2, 0.25) is 0 Å². The van der Waals surface area contributed by atoms with Crippen LogP contribution in [-0.2, 0) is 14.9 Å². The summed E-state index contributed by atoms with van der Waals surface area (Å²) in [6, 6.07) is 15.8. The van der Waals surface area contributed by atoms with Gasteiger partial charge in [-0.3, -0.25) is 19.8 Å². The lowest BCUT2D eigenvalue weighted by Gasteiger charge is -2.28. The van der Waals surface area contributed by atoms with Crippen LogP contribution in [0.15, 0.2) is 54.6 Å². The van der Waals surface area contributed by atoms with E-state index in [0.717, 1.165) is 5.56 Å². The number of nitrogens with one attached hydrogen (secondary N) is 3. The molecule has 2 unspecified atom stereocenters. The summed E-state index contributed by atoms with van der Waals surface area (Å²) in [5.74, 6) is -0.447. The Kier molecular flexibility index (Phi) is 7.99. The highest BCUT2D eigenvalue weighted by Gasteiger charge is 2.55. The van der Waals surface area contributed by atoms with Gasteiger partial charge in [0, 0.05) is 17.7 Å². The summed E-state index contributed by atoms with van der Waals surface area (Å²) in [6.07, 6.45) is 0.516. The molecule has 8 nitrogen and oxygen atoms in total. The second kappa shape index (κ2) is 11.0. The first-order chi connectivity index (χ1) is 17.5. The number of amides is 3. The molecule has 3 N–H and O–H groups in total. The molecule has 4 rings (SSSR count). The first-order valence-corrected chi connectivity index (χ1v) is 13.0. The highest BCUT2D eigenvalue weighted by molar-refractivity contribution is 5.97. The van der Waals surface area contributed by atoms with Crippen molar-refractivity contribution in [1.29, 1.82) is 0 Å². The van der Waals surface area contributed by atoms with Gasteiger partial charge in [0.05, 0.1) is 12.6 Å². The van der Waals surface area contributed by atoms with Crippen molar-refractivity contribution in [3.63, 3.8) is 0 Å². The van der Waals surface area contributed by atoms with Gasteiger partial charge in [-0.2, -0.15) is 0 Å². The number of ether oxygens (including phenoxy) is 1. The van der Waals surface area contributed by atoms with Crippen LogP contribution in [0.25, 0.3) is 0 Å². The first-order valence-electron chi connectivity index (χ1n) is 13.0. The predicted molar refractivity (Wildman–Crippen MR) is 142 cm³/mol. The smallest absolute Gasteiger partial charge is 0.256 e. The fourth-order valence-electron chi connectivity index (χ4n) is 4.75. The number of benzene rings is 2. The van der Waals surface area contributed by atoms with Crippen LogP contribution < -0.4 is 16.2 Å². The minimum atomic E-state index is -0.696. The van der Waals surface area contributed by atoms with Gasteiger partial charge in [0.15, 0.2) is 0 Å². The molecule has 0 saturated carbocycles. The Hall–Kier alpha value is -3.23. The predicted octanol–water partition coefficient (Wildman–Crippen LogP) is 3.04. The van der Waals surface area contributed by atoms with Crippen molar-refractivity contribution in [3.05, 3.63) is 71.3 Å². The monoisotopic (exact) mass is 506 g/mol. The Balaban J connectivity index is 1.34. The Labute approximate surface area is 219 Å². The van der Waals surface area contributed by atoms with Gasteiger partial charge in [0.25, 0.3) is 17.7 Å². The lowest BCUT2D eigenvalue weighted by molar-refractivity contribution is -0.124. The third kappa shape index (κ3) is 6.56. The van der Waals surface area contributed by atoms with Gasteiger partial charge in [-0.1, -0.05) is 65.0 Å². The SMILES string of the molecule is CC(C)C[C@H](NC(=O)c1ccc(C(C)(C)C)cc1)C(=O)NNC[C@H]1C2OC2CN1C(=O)c1ccccc1. The number of epoxide rings is 1. The van der Waals surface area contributed by atoms with E-state index in [1.54, 1.807) is 24.3 Å². The number of rotatable bonds is 9. The molecule has 8 heteroatoms. The molecule has 2 aromatic carbocycles. The molecular formula is C29H38N4O4. The number of likely N-dealkylation sites (tertiary alicyclic amines) is 1. The van der Waals surface area contributed by atoms with E-state index in [2.05, 4.69) is 36.9 Å². The fraction of sp³-hybridized carbons (Fsp3) is 0.483. The van der Waals surface area contributed by atoms with E-state index in [9.17, 15) is 14.4 Å². The van der Waals surface area contributed by atoms with Crippen molar-refractivity contribution in [2.75, 3.05) is 13.1 Å². The number of fused-ring (bicyclic) bond motifs is 1. The van der Waals surface area contributed by atoms with Crippen LogP contribution >= 0.6 is 0 Å². The molecule has 198 valence electrons. The number of nitrogens with zero attached hydrogens (tertiary/aromatic N) is 1. The molecular weight excluding hydrogens is 468 g/mol. The zero-order valence-electron chi connectivity index (χ0n) is 22.3. The van der Waals surface area contributed by atoms with E-state index >= 15 is 0 Å². The summed E-state index contributed by atoms with van der Waals surface area (Å²) in [5.41, 5.74) is 8.01. The molecule has 0 aromatic heterocycles. The van der Waals surface area contributed by atoms with Crippen LogP contribution in [0.4, 0.5) is 0 Å². The maximum atomic E-state index is 13.0. The van der Waals surface area contributed by atoms with Crippen LogP contribution in [-0.4, -0.2) is 60.0 Å². The highest BCUT2D eigenvalue weighted by atomic mass is 16.6. The topological polar surface area (TPSA) is 103 Å². The largest absolute Gasteiger partial charge is 0.365 e. The zero-order chi connectivity index (χ0) is 26.7. The van der Waals surface area contributed by atoms with Gasteiger partial charge < -0.3 is 15.0 Å². The normalized spacial score (nSPS) is 21.4. The molecule has 2 fully saturated rings. The molecule has 2 saturated heterocycles. The third-order valence-corrected chi connectivity index (χ3v) is 6.92. The Bertz CT molecular complexity index is 1110. The Morgan fingerprint density at radius 1 is 1.00 bits per heavy atom. The number of morpholine rings is 1. The summed E-state index contributed by atoms with van der Waals surface area (Å²) in [6.45, 7) is 11.3. The zero-order valence-corrected chi connectivity index (χ0v) is 22.3. The van der Waals surface area contributed by atoms with Gasteiger partial charge in [0.1, 0.15) is 18.2 Å². The fourth-order valence-corrected chi connectivity index (χ4v) is 4.75.